The van der Waals surface area contributed by atoms with E-state index in [1.165, 1.54) is 6.07 Å². The Balaban J connectivity index is 1.93. The number of nitrogens with zero attached hydrogens (tertiary/aromatic N) is 2. The van der Waals surface area contributed by atoms with Crippen LogP contribution in [0.2, 0.25) is 0 Å². The highest BCUT2D eigenvalue weighted by Gasteiger charge is 2.28. The lowest BCUT2D eigenvalue weighted by Crippen LogP contribution is -2.40. The first kappa shape index (κ1) is 23.3. The molecule has 1 amide bonds. The first-order chi connectivity index (χ1) is 14.6. The van der Waals surface area contributed by atoms with Crippen molar-refractivity contribution in [2.24, 2.45) is 5.92 Å². The predicted octanol–water partition coefficient (Wildman–Crippen LogP) is 2.92. The minimum Gasteiger partial charge on any atom is -0.389 e. The summed E-state index contributed by atoms with van der Waals surface area (Å²) in [5, 5.41) is 27.9. The molecule has 0 radical (unpaired) electrons. The summed E-state index contributed by atoms with van der Waals surface area (Å²) >= 11 is 0. The van der Waals surface area contributed by atoms with Crippen molar-refractivity contribution < 1.29 is 19.6 Å². The molecule has 2 fully saturated rings. The summed E-state index contributed by atoms with van der Waals surface area (Å²) in [5.74, 6) is 0.387. The van der Waals surface area contributed by atoms with Crippen LogP contribution in [-0.4, -0.2) is 60.4 Å². The molecule has 1 heterocycles. The van der Waals surface area contributed by atoms with Crippen molar-refractivity contribution in [1.82, 2.24) is 5.32 Å². The Kier molecular flexibility index (Phi) is 7.38. The molecule has 0 atom stereocenters. The Morgan fingerprint density at radius 3 is 2.48 bits per heavy atom. The van der Waals surface area contributed by atoms with Gasteiger partial charge in [-0.25, -0.2) is 0 Å². The highest BCUT2D eigenvalue weighted by molar-refractivity contribution is 6.02. The average molecular weight is 435 g/mol. The number of carbonyl (C=O) groups is 1. The molecule has 2 aliphatic rings. The molecule has 0 spiro atoms. The molecule has 1 saturated carbocycles. The van der Waals surface area contributed by atoms with Crippen molar-refractivity contribution in [3.05, 3.63) is 27.8 Å². The second kappa shape index (κ2) is 9.82. The maximum absolute atomic E-state index is 13.2. The molecule has 3 N–H and O–H groups in total. The highest BCUT2D eigenvalue weighted by atomic mass is 16.6. The molecular formula is C22H34N4O5. The van der Waals surface area contributed by atoms with Crippen molar-refractivity contribution >= 4 is 23.0 Å². The summed E-state index contributed by atoms with van der Waals surface area (Å²) < 4.78 is 5.44. The van der Waals surface area contributed by atoms with Crippen LogP contribution in [0.15, 0.2) is 12.1 Å². The van der Waals surface area contributed by atoms with Gasteiger partial charge in [-0.15, -0.1) is 0 Å². The number of hydrogen-bond donors (Lipinski definition) is 3. The predicted molar refractivity (Wildman–Crippen MR) is 120 cm³/mol. The molecule has 1 aliphatic carbocycles. The monoisotopic (exact) mass is 434 g/mol. The molecule has 1 aliphatic heterocycles. The smallest absolute Gasteiger partial charge is 0.293 e. The van der Waals surface area contributed by atoms with E-state index >= 15 is 0 Å². The molecule has 9 heteroatoms. The van der Waals surface area contributed by atoms with Crippen LogP contribution in [0.4, 0.5) is 17.1 Å². The largest absolute Gasteiger partial charge is 0.389 e. The first-order valence-corrected chi connectivity index (χ1v) is 11.1. The SMILES string of the molecule is CC(C)(O)CNc1cc(N2CCOCC2)c(C(=O)N[C@H]2CC[C@H](C)CC2)cc1[N+](=O)[O-]. The zero-order chi connectivity index (χ0) is 22.6. The van der Waals surface area contributed by atoms with Gasteiger partial charge in [-0.3, -0.25) is 14.9 Å². The fourth-order valence-corrected chi connectivity index (χ4v) is 4.10. The van der Waals surface area contributed by atoms with Gasteiger partial charge in [0.15, 0.2) is 0 Å². The van der Waals surface area contributed by atoms with Crippen LogP contribution < -0.4 is 15.5 Å². The number of rotatable bonds is 7. The molecule has 1 saturated heterocycles. The van der Waals surface area contributed by atoms with Crippen LogP contribution in [-0.2, 0) is 4.74 Å². The Labute approximate surface area is 183 Å². The fourth-order valence-electron chi connectivity index (χ4n) is 4.10. The molecule has 0 bridgehead atoms. The van der Waals surface area contributed by atoms with Crippen LogP contribution in [0.25, 0.3) is 0 Å². The Morgan fingerprint density at radius 1 is 1.26 bits per heavy atom. The summed E-state index contributed by atoms with van der Waals surface area (Å²) in [5.41, 5.74) is 0.0245. The molecule has 9 nitrogen and oxygen atoms in total. The maximum Gasteiger partial charge on any atom is 0.293 e. The number of nitro benzene ring substituents is 1. The van der Waals surface area contributed by atoms with Crippen LogP contribution in [0.5, 0.6) is 0 Å². The number of aliphatic hydroxyl groups is 1. The standard InChI is InChI=1S/C22H34N4O5/c1-15-4-6-16(7-5-15)24-21(27)17-12-20(26(29)30)18(23-14-22(2,3)28)13-19(17)25-8-10-31-11-9-25/h12-13,15-16,23,28H,4-11,14H2,1-3H3,(H,24,27)/t15-,16-. The van der Waals surface area contributed by atoms with Gasteiger partial charge in [0.05, 0.1) is 35.0 Å². The molecule has 3 rings (SSSR count). The highest BCUT2D eigenvalue weighted by Crippen LogP contribution is 2.35. The molecule has 31 heavy (non-hydrogen) atoms. The normalized spacial score (nSPS) is 22.1. The maximum atomic E-state index is 13.2. The van der Waals surface area contributed by atoms with Gasteiger partial charge in [0, 0.05) is 31.7 Å². The van der Waals surface area contributed by atoms with E-state index in [-0.39, 0.29) is 29.9 Å². The van der Waals surface area contributed by atoms with E-state index < -0.39 is 10.5 Å². The number of hydrogen-bond acceptors (Lipinski definition) is 7. The quantitative estimate of drug-likeness (QED) is 0.446. The zero-order valence-corrected chi connectivity index (χ0v) is 18.6. The number of nitro groups is 1. The van der Waals surface area contributed by atoms with Gasteiger partial charge in [-0.05, 0) is 51.5 Å². The van der Waals surface area contributed by atoms with Crippen molar-refractivity contribution in [2.75, 3.05) is 43.1 Å². The lowest BCUT2D eigenvalue weighted by Gasteiger charge is -2.32. The summed E-state index contributed by atoms with van der Waals surface area (Å²) in [7, 11) is 0. The van der Waals surface area contributed by atoms with Crippen LogP contribution in [0.3, 0.4) is 0 Å². The van der Waals surface area contributed by atoms with Crippen LogP contribution >= 0.6 is 0 Å². The van der Waals surface area contributed by atoms with Gasteiger partial charge >= 0.3 is 0 Å². The lowest BCUT2D eigenvalue weighted by molar-refractivity contribution is -0.384. The third-order valence-corrected chi connectivity index (χ3v) is 5.97. The zero-order valence-electron chi connectivity index (χ0n) is 18.6. The van der Waals surface area contributed by atoms with Crippen molar-refractivity contribution in [2.45, 2.75) is 58.1 Å². The minimum atomic E-state index is -1.04. The second-order valence-corrected chi connectivity index (χ2v) is 9.34. The van der Waals surface area contributed by atoms with E-state index in [1.807, 2.05) is 4.90 Å². The van der Waals surface area contributed by atoms with Gasteiger partial charge in [-0.2, -0.15) is 0 Å². The number of amides is 1. The van der Waals surface area contributed by atoms with Crippen molar-refractivity contribution in [1.29, 1.82) is 0 Å². The Morgan fingerprint density at radius 2 is 1.90 bits per heavy atom. The number of benzene rings is 1. The van der Waals surface area contributed by atoms with Crippen molar-refractivity contribution in [3.8, 4) is 0 Å². The number of nitrogens with one attached hydrogen (secondary N) is 2. The van der Waals surface area contributed by atoms with E-state index in [9.17, 15) is 20.0 Å². The van der Waals surface area contributed by atoms with Crippen LogP contribution in [0.1, 0.15) is 56.8 Å². The Hall–Kier alpha value is -2.39. The van der Waals surface area contributed by atoms with E-state index in [2.05, 4.69) is 17.6 Å². The third kappa shape index (κ3) is 6.30. The molecule has 0 unspecified atom stereocenters. The molecule has 0 aromatic heterocycles. The molecule has 1 aromatic rings. The first-order valence-electron chi connectivity index (χ1n) is 11.1. The molecule has 172 valence electrons. The summed E-state index contributed by atoms with van der Waals surface area (Å²) in [4.78, 5) is 26.5. The van der Waals surface area contributed by atoms with E-state index in [0.29, 0.717) is 43.5 Å². The van der Waals surface area contributed by atoms with Gasteiger partial charge in [-0.1, -0.05) is 6.92 Å². The topological polar surface area (TPSA) is 117 Å². The number of carbonyl (C=O) groups excluding carboxylic acids is 1. The van der Waals surface area contributed by atoms with Gasteiger partial charge in [0.1, 0.15) is 5.69 Å². The summed E-state index contributed by atoms with van der Waals surface area (Å²) in [6, 6.07) is 3.11. The number of morpholine rings is 1. The lowest BCUT2D eigenvalue weighted by atomic mass is 9.87. The second-order valence-electron chi connectivity index (χ2n) is 9.34. The van der Waals surface area contributed by atoms with Crippen LogP contribution in [0, 0.1) is 16.0 Å². The third-order valence-electron chi connectivity index (χ3n) is 5.97. The number of anilines is 2. The molecule has 1 aromatic carbocycles. The summed E-state index contributed by atoms with van der Waals surface area (Å²) in [6.45, 7) is 7.88. The van der Waals surface area contributed by atoms with Gasteiger partial charge in [0.25, 0.3) is 11.6 Å². The number of ether oxygens (including phenoxy) is 1. The van der Waals surface area contributed by atoms with E-state index in [0.717, 1.165) is 25.7 Å². The van der Waals surface area contributed by atoms with E-state index in [1.54, 1.807) is 19.9 Å². The van der Waals surface area contributed by atoms with Gasteiger partial charge < -0.3 is 25.4 Å². The Bertz CT molecular complexity index is 794. The van der Waals surface area contributed by atoms with E-state index in [4.69, 9.17) is 4.74 Å². The fraction of sp³-hybridized carbons (Fsp3) is 0.682. The van der Waals surface area contributed by atoms with Crippen molar-refractivity contribution in [3.63, 3.8) is 0 Å². The molecular weight excluding hydrogens is 400 g/mol. The summed E-state index contributed by atoms with van der Waals surface area (Å²) in [6.07, 6.45) is 3.99. The minimum absolute atomic E-state index is 0.0910. The average Bonchev–Trinajstić information content (AvgIpc) is 2.73. The van der Waals surface area contributed by atoms with Gasteiger partial charge in [0.2, 0.25) is 0 Å².